The zero-order chi connectivity index (χ0) is 21.7. The van der Waals surface area contributed by atoms with Crippen LogP contribution in [0.1, 0.15) is 15.9 Å². The van der Waals surface area contributed by atoms with Crippen molar-refractivity contribution >= 4 is 33.3 Å². The van der Waals surface area contributed by atoms with Gasteiger partial charge in [0.25, 0.3) is 0 Å². The molecule has 0 aromatic heterocycles. The number of anilines is 2. The van der Waals surface area contributed by atoms with Crippen molar-refractivity contribution in [2.45, 2.75) is 6.92 Å². The average Bonchev–Trinajstić information content (AvgIpc) is 2.73. The predicted octanol–water partition coefficient (Wildman–Crippen LogP) is 1.87. The topological polar surface area (TPSA) is 96.0 Å². The molecule has 3 rings (SSSR count). The van der Waals surface area contributed by atoms with E-state index >= 15 is 0 Å². The molecular formula is C21H25N3O5S. The van der Waals surface area contributed by atoms with Crippen LogP contribution in [0.4, 0.5) is 11.4 Å². The molecule has 8 nitrogen and oxygen atoms in total. The summed E-state index contributed by atoms with van der Waals surface area (Å²) in [5.74, 6) is -2.00. The Morgan fingerprint density at radius 3 is 2.40 bits per heavy atom. The second kappa shape index (κ2) is 9.27. The number of carbonyl (C=O) groups excluding carboxylic acids is 2. The molecule has 1 N–H and O–H groups in total. The van der Waals surface area contributed by atoms with Gasteiger partial charge >= 0.3 is 5.97 Å². The summed E-state index contributed by atoms with van der Waals surface area (Å²) in [6.07, 6.45) is 0. The maximum Gasteiger partial charge on any atom is 0.339 e. The molecule has 0 saturated carbocycles. The third kappa shape index (κ3) is 5.17. The molecule has 1 amide bonds. The lowest BCUT2D eigenvalue weighted by Crippen LogP contribution is -2.50. The second-order valence-corrected chi connectivity index (χ2v) is 9.04. The normalized spacial score (nSPS) is 14.9. The van der Waals surface area contributed by atoms with Crippen LogP contribution < -0.4 is 10.2 Å². The molecular weight excluding hydrogens is 406 g/mol. The van der Waals surface area contributed by atoms with Crippen LogP contribution in [0, 0.1) is 6.92 Å². The van der Waals surface area contributed by atoms with Crippen molar-refractivity contribution in [1.82, 2.24) is 4.31 Å². The average molecular weight is 432 g/mol. The summed E-state index contributed by atoms with van der Waals surface area (Å²) in [6.45, 7) is 3.73. The van der Waals surface area contributed by atoms with E-state index in [1.807, 2.05) is 25.1 Å². The Hall–Kier alpha value is -2.91. The number of esters is 1. The number of amides is 1. The Balaban J connectivity index is 1.61. The van der Waals surface area contributed by atoms with E-state index in [2.05, 4.69) is 21.0 Å². The van der Waals surface area contributed by atoms with Gasteiger partial charge in [-0.15, -0.1) is 0 Å². The molecule has 2 aromatic carbocycles. The molecule has 1 saturated heterocycles. The highest BCUT2D eigenvalue weighted by Gasteiger charge is 2.29. The van der Waals surface area contributed by atoms with Crippen LogP contribution in [-0.2, 0) is 19.6 Å². The fourth-order valence-electron chi connectivity index (χ4n) is 3.37. The van der Waals surface area contributed by atoms with Crippen molar-refractivity contribution < 1.29 is 22.7 Å². The number of benzene rings is 2. The van der Waals surface area contributed by atoms with E-state index in [0.717, 1.165) is 11.3 Å². The number of methoxy groups -OCH3 is 1. The number of hydrogen-bond donors (Lipinski definition) is 1. The summed E-state index contributed by atoms with van der Waals surface area (Å²) in [6, 6.07) is 14.4. The number of ether oxygens (including phenoxy) is 1. The Bertz CT molecular complexity index is 1030. The van der Waals surface area contributed by atoms with Gasteiger partial charge in [-0.2, -0.15) is 4.31 Å². The standard InChI is InChI=1S/C21H25N3O5S/c1-16-6-5-7-17(14-16)23-10-12-24(13-11-23)30(27,28)15-20(25)22-19-9-4-3-8-18(19)21(26)29-2/h3-9,14H,10-13,15H2,1-2H3,(H,22,25). The molecule has 1 aliphatic rings. The Labute approximate surface area is 176 Å². The molecule has 1 fully saturated rings. The van der Waals surface area contributed by atoms with E-state index in [0.29, 0.717) is 26.2 Å². The zero-order valence-electron chi connectivity index (χ0n) is 17.0. The molecule has 0 atom stereocenters. The Morgan fingerprint density at radius 1 is 1.03 bits per heavy atom. The minimum atomic E-state index is -3.78. The van der Waals surface area contributed by atoms with Crippen molar-refractivity contribution in [3.63, 3.8) is 0 Å². The lowest BCUT2D eigenvalue weighted by Gasteiger charge is -2.35. The van der Waals surface area contributed by atoms with Gasteiger partial charge in [0, 0.05) is 31.9 Å². The summed E-state index contributed by atoms with van der Waals surface area (Å²) in [4.78, 5) is 26.3. The van der Waals surface area contributed by atoms with Gasteiger partial charge in [0.2, 0.25) is 15.9 Å². The highest BCUT2D eigenvalue weighted by Crippen LogP contribution is 2.20. The number of nitrogens with one attached hydrogen (secondary N) is 1. The molecule has 160 valence electrons. The monoisotopic (exact) mass is 431 g/mol. The fraction of sp³-hybridized carbons (Fsp3) is 0.333. The van der Waals surface area contributed by atoms with Gasteiger partial charge in [-0.3, -0.25) is 4.79 Å². The molecule has 0 aliphatic carbocycles. The van der Waals surface area contributed by atoms with E-state index in [4.69, 9.17) is 0 Å². The number of para-hydroxylation sites is 1. The summed E-state index contributed by atoms with van der Waals surface area (Å²) in [7, 11) is -2.54. The SMILES string of the molecule is COC(=O)c1ccccc1NC(=O)CS(=O)(=O)N1CCN(c2cccc(C)c2)CC1. The zero-order valence-corrected chi connectivity index (χ0v) is 17.8. The number of nitrogens with zero attached hydrogens (tertiary/aromatic N) is 2. The molecule has 1 aliphatic heterocycles. The van der Waals surface area contributed by atoms with E-state index in [-0.39, 0.29) is 11.3 Å². The molecule has 9 heteroatoms. The van der Waals surface area contributed by atoms with E-state index in [1.165, 1.54) is 23.5 Å². The van der Waals surface area contributed by atoms with E-state index in [1.54, 1.807) is 12.1 Å². The van der Waals surface area contributed by atoms with E-state index < -0.39 is 27.7 Å². The lowest BCUT2D eigenvalue weighted by molar-refractivity contribution is -0.113. The second-order valence-electron chi connectivity index (χ2n) is 7.07. The van der Waals surface area contributed by atoms with Gasteiger partial charge in [0.1, 0.15) is 5.75 Å². The van der Waals surface area contributed by atoms with Gasteiger partial charge < -0.3 is 15.0 Å². The summed E-state index contributed by atoms with van der Waals surface area (Å²) >= 11 is 0. The van der Waals surface area contributed by atoms with E-state index in [9.17, 15) is 18.0 Å². The van der Waals surface area contributed by atoms with Crippen molar-refractivity contribution in [3.05, 3.63) is 59.7 Å². The van der Waals surface area contributed by atoms with Crippen molar-refractivity contribution in [2.24, 2.45) is 0 Å². The lowest BCUT2D eigenvalue weighted by atomic mass is 10.2. The first-order chi connectivity index (χ1) is 14.3. The minimum Gasteiger partial charge on any atom is -0.465 e. The Kier molecular flexibility index (Phi) is 6.73. The van der Waals surface area contributed by atoms with Crippen LogP contribution in [-0.4, -0.2) is 63.6 Å². The highest BCUT2D eigenvalue weighted by molar-refractivity contribution is 7.89. The molecule has 0 radical (unpaired) electrons. The molecule has 0 bridgehead atoms. The van der Waals surface area contributed by atoms with Crippen LogP contribution in [0.2, 0.25) is 0 Å². The number of rotatable bonds is 6. The van der Waals surface area contributed by atoms with Gasteiger partial charge in [-0.05, 0) is 36.8 Å². The molecule has 1 heterocycles. The van der Waals surface area contributed by atoms with Crippen LogP contribution in [0.5, 0.6) is 0 Å². The Morgan fingerprint density at radius 2 is 1.73 bits per heavy atom. The molecule has 0 spiro atoms. The van der Waals surface area contributed by atoms with Gasteiger partial charge in [0.15, 0.2) is 0 Å². The van der Waals surface area contributed by atoms with Crippen molar-refractivity contribution in [3.8, 4) is 0 Å². The van der Waals surface area contributed by atoms with Crippen molar-refractivity contribution in [2.75, 3.05) is 49.3 Å². The smallest absolute Gasteiger partial charge is 0.339 e. The largest absolute Gasteiger partial charge is 0.465 e. The quantitative estimate of drug-likeness (QED) is 0.702. The summed E-state index contributed by atoms with van der Waals surface area (Å²) in [5, 5.41) is 2.51. The third-order valence-corrected chi connectivity index (χ3v) is 6.70. The van der Waals surface area contributed by atoms with Gasteiger partial charge in [-0.25, -0.2) is 13.2 Å². The first-order valence-electron chi connectivity index (χ1n) is 9.57. The predicted molar refractivity (Wildman–Crippen MR) is 115 cm³/mol. The van der Waals surface area contributed by atoms with Crippen LogP contribution in [0.15, 0.2) is 48.5 Å². The summed E-state index contributed by atoms with van der Waals surface area (Å²) < 4.78 is 31.5. The van der Waals surface area contributed by atoms with Crippen LogP contribution in [0.3, 0.4) is 0 Å². The number of hydrogen-bond acceptors (Lipinski definition) is 6. The highest BCUT2D eigenvalue weighted by atomic mass is 32.2. The van der Waals surface area contributed by atoms with Crippen LogP contribution in [0.25, 0.3) is 0 Å². The van der Waals surface area contributed by atoms with Gasteiger partial charge in [-0.1, -0.05) is 24.3 Å². The minimum absolute atomic E-state index is 0.164. The molecule has 30 heavy (non-hydrogen) atoms. The fourth-order valence-corrected chi connectivity index (χ4v) is 4.68. The third-order valence-electron chi connectivity index (χ3n) is 4.92. The maximum absolute atomic E-state index is 12.7. The van der Waals surface area contributed by atoms with Crippen molar-refractivity contribution in [1.29, 1.82) is 0 Å². The first-order valence-corrected chi connectivity index (χ1v) is 11.2. The number of sulfonamides is 1. The maximum atomic E-state index is 12.7. The number of aryl methyl sites for hydroxylation is 1. The van der Waals surface area contributed by atoms with Crippen LogP contribution >= 0.6 is 0 Å². The molecule has 2 aromatic rings. The first kappa shape index (κ1) is 21.8. The molecule has 0 unspecified atom stereocenters. The van der Waals surface area contributed by atoms with Gasteiger partial charge in [0.05, 0.1) is 18.4 Å². The summed E-state index contributed by atoms with van der Waals surface area (Å²) in [5.41, 5.74) is 2.59. The number of carbonyl (C=O) groups is 2. The number of piperazine rings is 1.